The molecule has 0 bridgehead atoms. The van der Waals surface area contributed by atoms with E-state index in [1.807, 2.05) is 50.4 Å². The normalized spacial score (nSPS) is 14.8. The molecule has 0 aliphatic carbocycles. The summed E-state index contributed by atoms with van der Waals surface area (Å²) in [5, 5.41) is 9.16. The molecule has 1 N–H and O–H groups in total. The summed E-state index contributed by atoms with van der Waals surface area (Å²) < 4.78 is 13.2. The SMILES string of the molecule is Cc1cc(C(=O)Nc2ccc(OCCN3CCOCC3)c3ccccc23)nn1C. The first-order chi connectivity index (χ1) is 14.1. The third-order valence-electron chi connectivity index (χ3n) is 5.25. The fraction of sp³-hybridized carbons (Fsp3) is 0.364. The summed E-state index contributed by atoms with van der Waals surface area (Å²) in [6, 6.07) is 13.5. The summed E-state index contributed by atoms with van der Waals surface area (Å²) in [6.07, 6.45) is 0. The Morgan fingerprint density at radius 3 is 2.66 bits per heavy atom. The molecule has 1 aliphatic rings. The quantitative estimate of drug-likeness (QED) is 0.696. The summed E-state index contributed by atoms with van der Waals surface area (Å²) in [4.78, 5) is 15.0. The molecule has 152 valence electrons. The van der Waals surface area contributed by atoms with Gasteiger partial charge < -0.3 is 14.8 Å². The van der Waals surface area contributed by atoms with Crippen molar-refractivity contribution in [3.8, 4) is 5.75 Å². The highest BCUT2D eigenvalue weighted by Gasteiger charge is 2.15. The number of carbonyl (C=O) groups excluding carboxylic acids is 1. The van der Waals surface area contributed by atoms with Gasteiger partial charge in [-0.15, -0.1) is 0 Å². The maximum atomic E-state index is 12.6. The first kappa shape index (κ1) is 19.4. The van der Waals surface area contributed by atoms with Crippen molar-refractivity contribution < 1.29 is 14.3 Å². The van der Waals surface area contributed by atoms with Crippen LogP contribution in [0.2, 0.25) is 0 Å². The van der Waals surface area contributed by atoms with Gasteiger partial charge in [-0.2, -0.15) is 5.10 Å². The lowest BCUT2D eigenvalue weighted by atomic mass is 10.1. The molecule has 0 unspecified atom stereocenters. The van der Waals surface area contributed by atoms with Gasteiger partial charge in [-0.05, 0) is 25.1 Å². The van der Waals surface area contributed by atoms with Gasteiger partial charge in [0.1, 0.15) is 12.4 Å². The molecule has 0 radical (unpaired) electrons. The van der Waals surface area contributed by atoms with Gasteiger partial charge in [-0.3, -0.25) is 14.4 Å². The average molecular weight is 394 g/mol. The third kappa shape index (κ3) is 4.41. The van der Waals surface area contributed by atoms with E-state index >= 15 is 0 Å². The van der Waals surface area contributed by atoms with E-state index in [4.69, 9.17) is 9.47 Å². The zero-order valence-corrected chi connectivity index (χ0v) is 16.9. The molecule has 1 saturated heterocycles. The number of fused-ring (bicyclic) bond motifs is 1. The van der Waals surface area contributed by atoms with Gasteiger partial charge in [0.2, 0.25) is 0 Å². The lowest BCUT2D eigenvalue weighted by Crippen LogP contribution is -2.38. The van der Waals surface area contributed by atoms with E-state index in [0.717, 1.165) is 60.8 Å². The first-order valence-electron chi connectivity index (χ1n) is 9.88. The van der Waals surface area contributed by atoms with Gasteiger partial charge >= 0.3 is 0 Å². The van der Waals surface area contributed by atoms with Crippen LogP contribution in [0.5, 0.6) is 5.75 Å². The van der Waals surface area contributed by atoms with E-state index < -0.39 is 0 Å². The van der Waals surface area contributed by atoms with Gasteiger partial charge in [0, 0.05) is 48.8 Å². The maximum Gasteiger partial charge on any atom is 0.276 e. The standard InChI is InChI=1S/C22H26N4O3/c1-16-15-20(24-25(16)2)22(27)23-19-7-8-21(18-6-4-3-5-17(18)19)29-14-11-26-9-12-28-13-10-26/h3-8,15H,9-14H2,1-2H3,(H,23,27). The van der Waals surface area contributed by atoms with Crippen LogP contribution in [0.15, 0.2) is 42.5 Å². The number of nitrogens with zero attached hydrogens (tertiary/aromatic N) is 3. The Morgan fingerprint density at radius 1 is 1.17 bits per heavy atom. The number of anilines is 1. The topological polar surface area (TPSA) is 68.6 Å². The van der Waals surface area contributed by atoms with E-state index in [1.165, 1.54) is 0 Å². The van der Waals surface area contributed by atoms with E-state index in [0.29, 0.717) is 12.3 Å². The number of carbonyl (C=O) groups is 1. The molecule has 0 spiro atoms. The molecule has 1 aromatic heterocycles. The maximum absolute atomic E-state index is 12.6. The number of benzene rings is 2. The molecular formula is C22H26N4O3. The molecule has 29 heavy (non-hydrogen) atoms. The second kappa shape index (κ2) is 8.63. The molecule has 2 heterocycles. The number of aromatic nitrogens is 2. The third-order valence-corrected chi connectivity index (χ3v) is 5.25. The monoisotopic (exact) mass is 394 g/mol. The largest absolute Gasteiger partial charge is 0.492 e. The van der Waals surface area contributed by atoms with Crippen molar-refractivity contribution in [2.45, 2.75) is 6.92 Å². The fourth-order valence-electron chi connectivity index (χ4n) is 3.47. The van der Waals surface area contributed by atoms with Crippen LogP contribution in [-0.2, 0) is 11.8 Å². The Morgan fingerprint density at radius 2 is 1.93 bits per heavy atom. The van der Waals surface area contributed by atoms with Crippen LogP contribution in [0, 0.1) is 6.92 Å². The zero-order chi connectivity index (χ0) is 20.2. The van der Waals surface area contributed by atoms with Gasteiger partial charge in [0.05, 0.1) is 13.2 Å². The van der Waals surface area contributed by atoms with Crippen LogP contribution in [0.25, 0.3) is 10.8 Å². The molecule has 7 nitrogen and oxygen atoms in total. The number of morpholine rings is 1. The molecule has 0 saturated carbocycles. The number of hydrogen-bond acceptors (Lipinski definition) is 5. The summed E-state index contributed by atoms with van der Waals surface area (Å²) in [7, 11) is 1.82. The van der Waals surface area contributed by atoms with Gasteiger partial charge in [-0.25, -0.2) is 0 Å². The molecule has 4 rings (SSSR count). The van der Waals surface area contributed by atoms with E-state index in [-0.39, 0.29) is 5.91 Å². The Labute approximate surface area is 170 Å². The molecule has 3 aromatic rings. The predicted molar refractivity (Wildman–Crippen MR) is 113 cm³/mol. The minimum Gasteiger partial charge on any atom is -0.492 e. The number of nitrogens with one attached hydrogen (secondary N) is 1. The Bertz CT molecular complexity index is 989. The van der Waals surface area contributed by atoms with E-state index in [2.05, 4.69) is 15.3 Å². The second-order valence-corrected chi connectivity index (χ2v) is 7.21. The summed E-state index contributed by atoms with van der Waals surface area (Å²) in [6.45, 7) is 6.87. The number of rotatable bonds is 6. The number of amides is 1. The molecular weight excluding hydrogens is 368 g/mol. The zero-order valence-electron chi connectivity index (χ0n) is 16.9. The highest BCUT2D eigenvalue weighted by atomic mass is 16.5. The highest BCUT2D eigenvalue weighted by molar-refractivity contribution is 6.09. The number of ether oxygens (including phenoxy) is 2. The van der Waals surface area contributed by atoms with Crippen LogP contribution in [0.4, 0.5) is 5.69 Å². The summed E-state index contributed by atoms with van der Waals surface area (Å²) in [5.74, 6) is 0.598. The Kier molecular flexibility index (Phi) is 5.78. The van der Waals surface area contributed by atoms with Crippen molar-refractivity contribution in [2.24, 2.45) is 7.05 Å². The fourth-order valence-corrected chi connectivity index (χ4v) is 3.47. The number of hydrogen-bond donors (Lipinski definition) is 1. The van der Waals surface area contributed by atoms with E-state index in [9.17, 15) is 4.79 Å². The molecule has 1 aliphatic heterocycles. The lowest BCUT2D eigenvalue weighted by molar-refractivity contribution is 0.0323. The molecule has 1 fully saturated rings. The molecule has 1 amide bonds. The van der Waals surface area contributed by atoms with E-state index in [1.54, 1.807) is 10.7 Å². The minimum absolute atomic E-state index is 0.222. The van der Waals surface area contributed by atoms with Crippen LogP contribution >= 0.6 is 0 Å². The smallest absolute Gasteiger partial charge is 0.276 e. The van der Waals surface area contributed by atoms with Gasteiger partial charge in [0.25, 0.3) is 5.91 Å². The van der Waals surface area contributed by atoms with Crippen LogP contribution in [0.3, 0.4) is 0 Å². The van der Waals surface area contributed by atoms with Crippen LogP contribution in [-0.4, -0.2) is 60.0 Å². The van der Waals surface area contributed by atoms with Crippen molar-refractivity contribution in [1.82, 2.24) is 14.7 Å². The average Bonchev–Trinajstić information content (AvgIpc) is 3.09. The van der Waals surface area contributed by atoms with Crippen LogP contribution < -0.4 is 10.1 Å². The van der Waals surface area contributed by atoms with Crippen molar-refractivity contribution in [3.05, 3.63) is 53.9 Å². The van der Waals surface area contributed by atoms with Crippen molar-refractivity contribution >= 4 is 22.4 Å². The van der Waals surface area contributed by atoms with Crippen molar-refractivity contribution in [1.29, 1.82) is 0 Å². The molecule has 0 atom stereocenters. The molecule has 7 heteroatoms. The first-order valence-corrected chi connectivity index (χ1v) is 9.88. The van der Waals surface area contributed by atoms with Gasteiger partial charge in [0.15, 0.2) is 5.69 Å². The van der Waals surface area contributed by atoms with Gasteiger partial charge in [-0.1, -0.05) is 24.3 Å². The Balaban J connectivity index is 1.49. The second-order valence-electron chi connectivity index (χ2n) is 7.21. The predicted octanol–water partition coefficient (Wildman–Crippen LogP) is 2.85. The number of aryl methyl sites for hydroxylation is 2. The van der Waals surface area contributed by atoms with Crippen molar-refractivity contribution in [3.63, 3.8) is 0 Å². The highest BCUT2D eigenvalue weighted by Crippen LogP contribution is 2.32. The Hall–Kier alpha value is -2.90. The summed E-state index contributed by atoms with van der Waals surface area (Å²) in [5.41, 5.74) is 2.08. The molecule has 2 aromatic carbocycles. The summed E-state index contributed by atoms with van der Waals surface area (Å²) >= 11 is 0. The van der Waals surface area contributed by atoms with Crippen LogP contribution in [0.1, 0.15) is 16.2 Å². The van der Waals surface area contributed by atoms with Crippen molar-refractivity contribution in [2.75, 3.05) is 44.8 Å². The minimum atomic E-state index is -0.222. The lowest BCUT2D eigenvalue weighted by Gasteiger charge is -2.26.